The highest BCUT2D eigenvalue weighted by Gasteiger charge is 2.34. The molecule has 3 rings (SSSR count). The molecule has 0 saturated heterocycles. The second kappa shape index (κ2) is 10.3. The molecule has 0 bridgehead atoms. The van der Waals surface area contributed by atoms with Crippen LogP contribution >= 0.6 is 11.3 Å². The molecule has 168 valence electrons. The fraction of sp³-hybridized carbons (Fsp3) is 0.500. The summed E-state index contributed by atoms with van der Waals surface area (Å²) in [5.41, 5.74) is 1.08. The number of halogens is 1. The van der Waals surface area contributed by atoms with Crippen molar-refractivity contribution in [3.05, 3.63) is 52.0 Å². The molecule has 2 amide bonds. The Morgan fingerprint density at radius 1 is 1.29 bits per heavy atom. The molecule has 0 fully saturated rings. The number of fused-ring (bicyclic) bond motifs is 1. The number of hydrogen-bond donors (Lipinski definition) is 0. The van der Waals surface area contributed by atoms with Gasteiger partial charge in [0.05, 0.1) is 6.04 Å². The van der Waals surface area contributed by atoms with Gasteiger partial charge in [-0.05, 0) is 48.9 Å². The summed E-state index contributed by atoms with van der Waals surface area (Å²) in [6, 6.07) is 7.78. The molecule has 2 heterocycles. The van der Waals surface area contributed by atoms with Crippen LogP contribution < -0.4 is 4.74 Å². The molecule has 0 aliphatic carbocycles. The highest BCUT2D eigenvalue weighted by molar-refractivity contribution is 7.10. The lowest BCUT2D eigenvalue weighted by Gasteiger charge is -2.38. The minimum atomic E-state index is -0.360. The van der Waals surface area contributed by atoms with Crippen molar-refractivity contribution >= 4 is 23.2 Å². The topological polar surface area (TPSA) is 49.9 Å². The van der Waals surface area contributed by atoms with Gasteiger partial charge < -0.3 is 14.5 Å². The predicted octanol–water partition coefficient (Wildman–Crippen LogP) is 4.68. The van der Waals surface area contributed by atoms with Crippen LogP contribution in [0.2, 0.25) is 0 Å². The first-order valence-electron chi connectivity index (χ1n) is 10.9. The molecule has 1 aliphatic heterocycles. The average Bonchev–Trinajstić information content (AvgIpc) is 3.23. The number of amides is 2. The van der Waals surface area contributed by atoms with Gasteiger partial charge in [0.25, 0.3) is 0 Å². The Hall–Kier alpha value is -2.41. The smallest absolute Gasteiger partial charge is 0.242 e. The van der Waals surface area contributed by atoms with Crippen LogP contribution in [0.3, 0.4) is 0 Å². The molecule has 0 spiro atoms. The van der Waals surface area contributed by atoms with Crippen molar-refractivity contribution in [1.82, 2.24) is 9.80 Å². The summed E-state index contributed by atoms with van der Waals surface area (Å²) in [5.74, 6) is -0.186. The van der Waals surface area contributed by atoms with E-state index in [0.717, 1.165) is 18.4 Å². The second-order valence-electron chi connectivity index (χ2n) is 8.30. The molecule has 7 heteroatoms. The molecule has 2 aromatic rings. The van der Waals surface area contributed by atoms with Crippen molar-refractivity contribution in [1.29, 1.82) is 0 Å². The quantitative estimate of drug-likeness (QED) is 0.592. The Labute approximate surface area is 187 Å². The SMILES string of the molecule is CC[C@@H](C)N(CC(=O)N1CCc2sccc2[C@@H]1COc1cccc(F)c1)C(=O)C(C)C. The summed E-state index contributed by atoms with van der Waals surface area (Å²) < 4.78 is 19.4. The third-order valence-electron chi connectivity index (χ3n) is 5.82. The maximum absolute atomic E-state index is 13.5. The van der Waals surface area contributed by atoms with Gasteiger partial charge >= 0.3 is 0 Å². The second-order valence-corrected chi connectivity index (χ2v) is 9.30. The summed E-state index contributed by atoms with van der Waals surface area (Å²) in [7, 11) is 0. The van der Waals surface area contributed by atoms with Gasteiger partial charge in [-0.1, -0.05) is 26.8 Å². The average molecular weight is 447 g/mol. The maximum atomic E-state index is 13.5. The molecule has 1 aromatic carbocycles. The molecule has 31 heavy (non-hydrogen) atoms. The van der Waals surface area contributed by atoms with Crippen LogP contribution in [-0.4, -0.2) is 47.4 Å². The lowest BCUT2D eigenvalue weighted by Crippen LogP contribution is -2.50. The number of nitrogens with zero attached hydrogens (tertiary/aromatic N) is 2. The van der Waals surface area contributed by atoms with E-state index in [9.17, 15) is 14.0 Å². The number of rotatable bonds is 8. The van der Waals surface area contributed by atoms with Gasteiger partial charge in [0.1, 0.15) is 24.7 Å². The first-order chi connectivity index (χ1) is 14.8. The van der Waals surface area contributed by atoms with Gasteiger partial charge in [-0.15, -0.1) is 11.3 Å². The normalized spacial score (nSPS) is 16.7. The van der Waals surface area contributed by atoms with Crippen molar-refractivity contribution in [2.24, 2.45) is 5.92 Å². The lowest BCUT2D eigenvalue weighted by molar-refractivity contribution is -0.146. The molecule has 1 aliphatic rings. The molecule has 0 saturated carbocycles. The van der Waals surface area contributed by atoms with Gasteiger partial charge in [-0.25, -0.2) is 4.39 Å². The van der Waals surface area contributed by atoms with Crippen LogP contribution in [0, 0.1) is 11.7 Å². The van der Waals surface area contributed by atoms with Crippen LogP contribution in [0.1, 0.15) is 50.6 Å². The van der Waals surface area contributed by atoms with E-state index in [2.05, 4.69) is 0 Å². The summed E-state index contributed by atoms with van der Waals surface area (Å²) in [5, 5.41) is 2.03. The maximum Gasteiger partial charge on any atom is 0.242 e. The zero-order valence-corrected chi connectivity index (χ0v) is 19.5. The van der Waals surface area contributed by atoms with Crippen molar-refractivity contribution in [3.8, 4) is 5.75 Å². The van der Waals surface area contributed by atoms with E-state index < -0.39 is 0 Å². The van der Waals surface area contributed by atoms with E-state index in [1.807, 2.05) is 44.0 Å². The third-order valence-corrected chi connectivity index (χ3v) is 6.82. The number of hydrogen-bond acceptors (Lipinski definition) is 4. The Bertz CT molecular complexity index is 914. The molecular weight excluding hydrogens is 415 g/mol. The molecule has 5 nitrogen and oxygen atoms in total. The predicted molar refractivity (Wildman–Crippen MR) is 121 cm³/mol. The third kappa shape index (κ3) is 5.45. The molecule has 0 N–H and O–H groups in total. The first kappa shape index (κ1) is 23.3. The standard InChI is InChI=1S/C24H31FN2O3S/c1-5-17(4)27(24(29)16(2)3)14-23(28)26-11-9-22-20(10-12-31-22)21(26)15-30-19-8-6-7-18(25)13-19/h6-8,10,12-13,16-17,21H,5,9,11,14-15H2,1-4H3/t17-,21+/m1/s1. The largest absolute Gasteiger partial charge is 0.491 e. The van der Waals surface area contributed by atoms with Crippen molar-refractivity contribution in [2.45, 2.75) is 52.6 Å². The van der Waals surface area contributed by atoms with Gasteiger partial charge in [0.2, 0.25) is 11.8 Å². The van der Waals surface area contributed by atoms with E-state index in [0.29, 0.717) is 12.3 Å². The van der Waals surface area contributed by atoms with Crippen molar-refractivity contribution in [2.75, 3.05) is 19.7 Å². The van der Waals surface area contributed by atoms with Crippen LogP contribution in [0.15, 0.2) is 35.7 Å². The van der Waals surface area contributed by atoms with Crippen molar-refractivity contribution in [3.63, 3.8) is 0 Å². The highest BCUT2D eigenvalue weighted by atomic mass is 32.1. The van der Waals surface area contributed by atoms with Gasteiger partial charge in [-0.3, -0.25) is 9.59 Å². The Morgan fingerprint density at radius 2 is 2.06 bits per heavy atom. The highest BCUT2D eigenvalue weighted by Crippen LogP contribution is 2.34. The number of thiophene rings is 1. The molecule has 2 atom stereocenters. The zero-order valence-electron chi connectivity index (χ0n) is 18.6. The van der Waals surface area contributed by atoms with Crippen LogP contribution in [0.4, 0.5) is 4.39 Å². The monoisotopic (exact) mass is 446 g/mol. The van der Waals surface area contributed by atoms with E-state index in [1.165, 1.54) is 17.0 Å². The summed E-state index contributed by atoms with van der Waals surface area (Å²) in [4.78, 5) is 30.9. The number of benzene rings is 1. The van der Waals surface area contributed by atoms with E-state index in [4.69, 9.17) is 4.74 Å². The zero-order chi connectivity index (χ0) is 22.5. The molecule has 0 unspecified atom stereocenters. The molecular formula is C24H31FN2O3S. The van der Waals surface area contributed by atoms with Gasteiger partial charge in [0.15, 0.2) is 0 Å². The van der Waals surface area contributed by atoms with Gasteiger partial charge in [-0.2, -0.15) is 0 Å². The van der Waals surface area contributed by atoms with Crippen LogP contribution in [0.25, 0.3) is 0 Å². The van der Waals surface area contributed by atoms with E-state index in [1.54, 1.807) is 28.4 Å². The van der Waals surface area contributed by atoms with Crippen LogP contribution in [-0.2, 0) is 16.0 Å². The fourth-order valence-corrected chi connectivity index (χ4v) is 4.77. The Morgan fingerprint density at radius 3 is 2.74 bits per heavy atom. The molecule has 0 radical (unpaired) electrons. The van der Waals surface area contributed by atoms with Crippen molar-refractivity contribution < 1.29 is 18.7 Å². The summed E-state index contributed by atoms with van der Waals surface area (Å²) in [6.45, 7) is 8.58. The van der Waals surface area contributed by atoms with E-state index in [-0.39, 0.29) is 48.8 Å². The summed E-state index contributed by atoms with van der Waals surface area (Å²) in [6.07, 6.45) is 1.57. The minimum Gasteiger partial charge on any atom is -0.491 e. The van der Waals surface area contributed by atoms with Crippen LogP contribution in [0.5, 0.6) is 5.75 Å². The lowest BCUT2D eigenvalue weighted by atomic mass is 10.00. The first-order valence-corrected chi connectivity index (χ1v) is 11.7. The summed E-state index contributed by atoms with van der Waals surface area (Å²) >= 11 is 1.68. The van der Waals surface area contributed by atoms with Gasteiger partial charge in [0, 0.05) is 29.4 Å². The number of ether oxygens (including phenoxy) is 1. The van der Waals surface area contributed by atoms with E-state index >= 15 is 0 Å². The number of carbonyl (C=O) groups is 2. The number of carbonyl (C=O) groups excluding carboxylic acids is 2. The Kier molecular flexibility index (Phi) is 7.70. The Balaban J connectivity index is 1.80. The fourth-order valence-electron chi connectivity index (χ4n) is 3.85. The molecule has 1 aromatic heterocycles. The minimum absolute atomic E-state index is 0.0107.